The maximum atomic E-state index is 12.8. The van der Waals surface area contributed by atoms with Crippen molar-refractivity contribution in [2.45, 2.75) is 12.8 Å². The molecule has 3 N–H and O–H groups in total. The highest BCUT2D eigenvalue weighted by Crippen LogP contribution is 2.10. The van der Waals surface area contributed by atoms with Crippen LogP contribution in [0.1, 0.15) is 12.0 Å². The summed E-state index contributed by atoms with van der Waals surface area (Å²) in [5, 5.41) is 2.55. The molecule has 0 atom stereocenters. The van der Waals surface area contributed by atoms with Gasteiger partial charge >= 0.3 is 0 Å². The molecule has 0 radical (unpaired) electrons. The molecule has 0 saturated carbocycles. The van der Waals surface area contributed by atoms with E-state index < -0.39 is 5.95 Å². The normalized spacial score (nSPS) is 10.2. The van der Waals surface area contributed by atoms with Gasteiger partial charge in [0.25, 0.3) is 0 Å². The molecule has 0 unspecified atom stereocenters. The molecular formula is C14H14FN3O. The minimum Gasteiger partial charge on any atom is -0.399 e. The maximum absolute atomic E-state index is 12.8. The number of anilines is 2. The summed E-state index contributed by atoms with van der Waals surface area (Å²) in [6.45, 7) is 0. The van der Waals surface area contributed by atoms with Crippen LogP contribution in [0.2, 0.25) is 0 Å². The molecule has 0 aliphatic carbocycles. The van der Waals surface area contributed by atoms with Gasteiger partial charge in [-0.2, -0.15) is 4.39 Å². The molecule has 2 aromatic rings. The summed E-state index contributed by atoms with van der Waals surface area (Å²) in [4.78, 5) is 15.2. The molecule has 19 heavy (non-hydrogen) atoms. The average molecular weight is 259 g/mol. The molecule has 1 aromatic carbocycles. The van der Waals surface area contributed by atoms with Crippen molar-refractivity contribution in [3.63, 3.8) is 0 Å². The van der Waals surface area contributed by atoms with E-state index in [4.69, 9.17) is 5.73 Å². The van der Waals surface area contributed by atoms with E-state index in [9.17, 15) is 9.18 Å². The Balaban J connectivity index is 1.88. The summed E-state index contributed by atoms with van der Waals surface area (Å²) in [6.07, 6.45) is 0.869. The molecule has 1 amide bonds. The molecule has 5 heteroatoms. The first-order valence-corrected chi connectivity index (χ1v) is 5.90. The highest BCUT2D eigenvalue weighted by Gasteiger charge is 2.05. The second-order valence-corrected chi connectivity index (χ2v) is 4.14. The van der Waals surface area contributed by atoms with Crippen LogP contribution in [-0.2, 0) is 11.2 Å². The third-order valence-corrected chi connectivity index (χ3v) is 2.57. The van der Waals surface area contributed by atoms with Gasteiger partial charge in [-0.15, -0.1) is 0 Å². The summed E-state index contributed by atoms with van der Waals surface area (Å²) in [5.41, 5.74) is 7.31. The van der Waals surface area contributed by atoms with Crippen molar-refractivity contribution in [1.82, 2.24) is 4.98 Å². The number of nitrogens with two attached hydrogens (primary N) is 1. The van der Waals surface area contributed by atoms with E-state index in [-0.39, 0.29) is 11.7 Å². The van der Waals surface area contributed by atoms with Crippen LogP contribution in [0.25, 0.3) is 0 Å². The van der Waals surface area contributed by atoms with Gasteiger partial charge < -0.3 is 11.1 Å². The van der Waals surface area contributed by atoms with Crippen LogP contribution in [0, 0.1) is 5.95 Å². The Morgan fingerprint density at radius 1 is 1.26 bits per heavy atom. The zero-order chi connectivity index (χ0) is 13.7. The van der Waals surface area contributed by atoms with E-state index in [1.807, 2.05) is 18.2 Å². The van der Waals surface area contributed by atoms with Crippen molar-refractivity contribution in [1.29, 1.82) is 0 Å². The number of nitrogen functional groups attached to an aromatic ring is 1. The van der Waals surface area contributed by atoms with E-state index in [1.165, 1.54) is 12.1 Å². The minimum atomic E-state index is -0.617. The lowest BCUT2D eigenvalue weighted by Crippen LogP contribution is -2.13. The Bertz CT molecular complexity index is 586. The van der Waals surface area contributed by atoms with Gasteiger partial charge in [-0.05, 0) is 36.2 Å². The van der Waals surface area contributed by atoms with Crippen LogP contribution in [0.15, 0.2) is 42.5 Å². The molecular weight excluding hydrogens is 245 g/mol. The van der Waals surface area contributed by atoms with Gasteiger partial charge in [0.2, 0.25) is 11.9 Å². The zero-order valence-corrected chi connectivity index (χ0v) is 10.3. The second kappa shape index (κ2) is 5.95. The number of aryl methyl sites for hydroxylation is 1. The van der Waals surface area contributed by atoms with Crippen LogP contribution in [0.3, 0.4) is 0 Å². The van der Waals surface area contributed by atoms with Crippen molar-refractivity contribution in [2.75, 3.05) is 11.1 Å². The monoisotopic (exact) mass is 259 g/mol. The molecule has 0 bridgehead atoms. The third-order valence-electron chi connectivity index (χ3n) is 2.57. The SMILES string of the molecule is Nc1cccc(CCC(=O)Nc2cccc(F)n2)c1. The lowest BCUT2D eigenvalue weighted by molar-refractivity contribution is -0.116. The standard InChI is InChI=1S/C14H14FN3O/c15-12-5-2-6-13(17-12)18-14(19)8-7-10-3-1-4-11(16)9-10/h1-6,9H,7-8,16H2,(H,17,18,19). The molecule has 2 rings (SSSR count). The van der Waals surface area contributed by atoms with Crippen LogP contribution < -0.4 is 11.1 Å². The maximum Gasteiger partial charge on any atom is 0.225 e. The molecule has 0 aliphatic heterocycles. The number of halogens is 1. The fourth-order valence-corrected chi connectivity index (χ4v) is 1.69. The number of hydrogen-bond acceptors (Lipinski definition) is 3. The summed E-state index contributed by atoms with van der Waals surface area (Å²) < 4.78 is 12.8. The van der Waals surface area contributed by atoms with Crippen LogP contribution in [0.4, 0.5) is 15.9 Å². The number of aromatic nitrogens is 1. The van der Waals surface area contributed by atoms with Gasteiger partial charge in [0.15, 0.2) is 0 Å². The Morgan fingerprint density at radius 2 is 2.05 bits per heavy atom. The number of carbonyl (C=O) groups excluding carboxylic acids is 1. The van der Waals surface area contributed by atoms with Gasteiger partial charge in [0.1, 0.15) is 5.82 Å². The van der Waals surface area contributed by atoms with Crippen molar-refractivity contribution < 1.29 is 9.18 Å². The van der Waals surface area contributed by atoms with Crippen LogP contribution >= 0.6 is 0 Å². The zero-order valence-electron chi connectivity index (χ0n) is 10.3. The topological polar surface area (TPSA) is 68.0 Å². The number of rotatable bonds is 4. The molecule has 0 aliphatic rings. The fraction of sp³-hybridized carbons (Fsp3) is 0.143. The Labute approximate surface area is 110 Å². The Hall–Kier alpha value is -2.43. The first-order valence-electron chi connectivity index (χ1n) is 5.90. The van der Waals surface area contributed by atoms with Crippen molar-refractivity contribution in [3.05, 3.63) is 54.0 Å². The summed E-state index contributed by atoms with van der Waals surface area (Å²) in [6, 6.07) is 11.6. The molecule has 4 nitrogen and oxygen atoms in total. The van der Waals surface area contributed by atoms with Crippen LogP contribution in [0.5, 0.6) is 0 Å². The molecule has 0 saturated heterocycles. The van der Waals surface area contributed by atoms with Gasteiger partial charge in [-0.1, -0.05) is 18.2 Å². The number of amides is 1. The third kappa shape index (κ3) is 4.06. The number of nitrogens with one attached hydrogen (secondary N) is 1. The molecule has 1 aromatic heterocycles. The molecule has 0 fully saturated rings. The summed E-state index contributed by atoms with van der Waals surface area (Å²) >= 11 is 0. The predicted octanol–water partition coefficient (Wildman–Crippen LogP) is 2.37. The van der Waals surface area contributed by atoms with Gasteiger partial charge in [0.05, 0.1) is 0 Å². The predicted molar refractivity (Wildman–Crippen MR) is 72.0 cm³/mol. The number of hydrogen-bond donors (Lipinski definition) is 2. The van der Waals surface area contributed by atoms with Crippen molar-refractivity contribution in [3.8, 4) is 0 Å². The first kappa shape index (κ1) is 13.0. The Morgan fingerprint density at radius 3 is 2.79 bits per heavy atom. The number of benzene rings is 1. The van der Waals surface area contributed by atoms with Crippen LogP contribution in [-0.4, -0.2) is 10.9 Å². The molecule has 1 heterocycles. The lowest BCUT2D eigenvalue weighted by Gasteiger charge is -2.05. The molecule has 98 valence electrons. The Kier molecular flexibility index (Phi) is 4.07. The van der Waals surface area contributed by atoms with E-state index in [0.717, 1.165) is 5.56 Å². The lowest BCUT2D eigenvalue weighted by atomic mass is 10.1. The second-order valence-electron chi connectivity index (χ2n) is 4.14. The number of carbonyl (C=O) groups is 1. The van der Waals surface area contributed by atoms with E-state index >= 15 is 0 Å². The van der Waals surface area contributed by atoms with Crippen molar-refractivity contribution in [2.24, 2.45) is 0 Å². The van der Waals surface area contributed by atoms with E-state index in [0.29, 0.717) is 18.5 Å². The smallest absolute Gasteiger partial charge is 0.225 e. The minimum absolute atomic E-state index is 0.208. The van der Waals surface area contributed by atoms with E-state index in [2.05, 4.69) is 10.3 Å². The quantitative estimate of drug-likeness (QED) is 0.654. The summed E-state index contributed by atoms with van der Waals surface area (Å²) in [5.74, 6) is -0.605. The van der Waals surface area contributed by atoms with Crippen molar-refractivity contribution >= 4 is 17.4 Å². The van der Waals surface area contributed by atoms with Gasteiger partial charge in [-0.25, -0.2) is 4.98 Å². The largest absolute Gasteiger partial charge is 0.399 e. The highest BCUT2D eigenvalue weighted by atomic mass is 19.1. The van der Waals surface area contributed by atoms with Gasteiger partial charge in [-0.3, -0.25) is 4.79 Å². The summed E-state index contributed by atoms with van der Waals surface area (Å²) in [7, 11) is 0. The highest BCUT2D eigenvalue weighted by molar-refractivity contribution is 5.89. The average Bonchev–Trinajstić information content (AvgIpc) is 2.36. The first-order chi connectivity index (χ1) is 9.13. The molecule has 0 spiro atoms. The van der Waals surface area contributed by atoms with Gasteiger partial charge in [0, 0.05) is 12.1 Å². The fourth-order valence-electron chi connectivity index (χ4n) is 1.69. The number of pyridine rings is 1. The number of nitrogens with zero attached hydrogens (tertiary/aromatic N) is 1. The van der Waals surface area contributed by atoms with E-state index in [1.54, 1.807) is 12.1 Å².